The molecule has 3 aromatic rings. The van der Waals surface area contributed by atoms with Crippen LogP contribution in [0.4, 0.5) is 5.69 Å². The van der Waals surface area contributed by atoms with Gasteiger partial charge in [-0.15, -0.1) is 0 Å². The third-order valence-electron chi connectivity index (χ3n) is 6.01. The van der Waals surface area contributed by atoms with Gasteiger partial charge in [-0.2, -0.15) is 0 Å². The van der Waals surface area contributed by atoms with Crippen LogP contribution in [0.15, 0.2) is 42.5 Å². The number of amides is 1. The number of aryl methyl sites for hydroxylation is 1. The molecule has 0 radical (unpaired) electrons. The molecule has 30 heavy (non-hydrogen) atoms. The highest BCUT2D eigenvalue weighted by molar-refractivity contribution is 6.14. The molecule has 6 heteroatoms. The Morgan fingerprint density at radius 1 is 1.03 bits per heavy atom. The van der Waals surface area contributed by atoms with Crippen molar-refractivity contribution in [2.75, 3.05) is 32.6 Å². The highest BCUT2D eigenvalue weighted by atomic mass is 16.5. The maximum atomic E-state index is 13.1. The van der Waals surface area contributed by atoms with Crippen LogP contribution in [0.2, 0.25) is 0 Å². The fraction of sp³-hybridized carbons (Fsp3) is 0.375. The van der Waals surface area contributed by atoms with Gasteiger partial charge in [0.2, 0.25) is 0 Å². The Bertz CT molecular complexity index is 1050. The van der Waals surface area contributed by atoms with Gasteiger partial charge < -0.3 is 24.3 Å². The van der Waals surface area contributed by atoms with Crippen LogP contribution in [-0.4, -0.2) is 48.7 Å². The molecule has 2 heterocycles. The van der Waals surface area contributed by atoms with Crippen LogP contribution in [-0.2, 0) is 7.05 Å². The highest BCUT2D eigenvalue weighted by Gasteiger charge is 2.20. The van der Waals surface area contributed by atoms with Gasteiger partial charge in [0.05, 0.1) is 12.7 Å². The van der Waals surface area contributed by atoms with Crippen molar-refractivity contribution in [3.63, 3.8) is 0 Å². The normalized spacial score (nSPS) is 15.3. The van der Waals surface area contributed by atoms with Crippen LogP contribution < -0.4 is 14.8 Å². The zero-order chi connectivity index (χ0) is 21.3. The number of hydrogen-bond acceptors (Lipinski definition) is 4. The number of anilines is 1. The number of aromatic nitrogens is 1. The molecule has 4 rings (SSSR count). The lowest BCUT2D eigenvalue weighted by atomic mass is 10.1. The van der Waals surface area contributed by atoms with Gasteiger partial charge in [-0.05, 0) is 69.3 Å². The van der Waals surface area contributed by atoms with Crippen molar-refractivity contribution in [2.45, 2.75) is 25.9 Å². The summed E-state index contributed by atoms with van der Waals surface area (Å²) >= 11 is 0. The first-order valence-electron chi connectivity index (χ1n) is 10.4. The molecule has 2 aromatic carbocycles. The van der Waals surface area contributed by atoms with Gasteiger partial charge in [0.1, 0.15) is 17.6 Å². The molecule has 0 atom stereocenters. The number of nitrogens with zero attached hydrogens (tertiary/aromatic N) is 2. The van der Waals surface area contributed by atoms with Gasteiger partial charge in [-0.3, -0.25) is 4.79 Å². The Balaban J connectivity index is 1.49. The van der Waals surface area contributed by atoms with E-state index in [1.807, 2.05) is 61.0 Å². The second-order valence-corrected chi connectivity index (χ2v) is 8.00. The van der Waals surface area contributed by atoms with Gasteiger partial charge in [-0.25, -0.2) is 0 Å². The zero-order valence-electron chi connectivity index (χ0n) is 18.1. The number of nitrogens with one attached hydrogen (secondary N) is 1. The summed E-state index contributed by atoms with van der Waals surface area (Å²) in [5.74, 6) is 1.45. The maximum absolute atomic E-state index is 13.1. The van der Waals surface area contributed by atoms with Crippen molar-refractivity contribution in [1.82, 2.24) is 9.47 Å². The minimum Gasteiger partial charge on any atom is -0.497 e. The Labute approximate surface area is 177 Å². The maximum Gasteiger partial charge on any atom is 0.258 e. The lowest BCUT2D eigenvalue weighted by Crippen LogP contribution is -2.35. The lowest BCUT2D eigenvalue weighted by Gasteiger charge is -2.29. The van der Waals surface area contributed by atoms with Crippen molar-refractivity contribution < 1.29 is 14.3 Å². The number of carbonyl (C=O) groups is 1. The summed E-state index contributed by atoms with van der Waals surface area (Å²) in [6.45, 7) is 4.09. The summed E-state index contributed by atoms with van der Waals surface area (Å²) in [7, 11) is 5.74. The number of piperidine rings is 1. The average Bonchev–Trinajstić information content (AvgIpc) is 3.00. The third kappa shape index (κ3) is 4.00. The van der Waals surface area contributed by atoms with E-state index < -0.39 is 0 Å². The smallest absolute Gasteiger partial charge is 0.258 e. The monoisotopic (exact) mass is 407 g/mol. The molecule has 1 fully saturated rings. The molecule has 6 nitrogen and oxygen atoms in total. The molecule has 1 N–H and O–H groups in total. The number of likely N-dealkylation sites (tertiary alicyclic amines) is 1. The predicted molar refractivity (Wildman–Crippen MR) is 120 cm³/mol. The summed E-state index contributed by atoms with van der Waals surface area (Å²) in [5.41, 5.74) is 3.33. The van der Waals surface area contributed by atoms with E-state index in [1.165, 1.54) is 0 Å². The van der Waals surface area contributed by atoms with E-state index >= 15 is 0 Å². The summed E-state index contributed by atoms with van der Waals surface area (Å²) in [6.07, 6.45) is 2.34. The van der Waals surface area contributed by atoms with Gasteiger partial charge in [0.15, 0.2) is 0 Å². The molecule has 0 spiro atoms. The number of methoxy groups -OCH3 is 1. The van der Waals surface area contributed by atoms with Crippen LogP contribution in [0.5, 0.6) is 11.5 Å². The third-order valence-corrected chi connectivity index (χ3v) is 6.01. The number of fused-ring (bicyclic) bond motifs is 1. The molecule has 0 aliphatic carbocycles. The largest absolute Gasteiger partial charge is 0.497 e. The second-order valence-electron chi connectivity index (χ2n) is 8.00. The topological polar surface area (TPSA) is 55.7 Å². The molecule has 1 aliphatic rings. The Kier molecular flexibility index (Phi) is 5.68. The SMILES string of the molecule is COc1ccc2c(c1)c(C(=O)Nc1ccc(OC3CCN(C)CC3)cc1)c(C)n2C. The minimum atomic E-state index is -0.129. The van der Waals surface area contributed by atoms with E-state index in [2.05, 4.69) is 17.3 Å². The quantitative estimate of drug-likeness (QED) is 0.688. The lowest BCUT2D eigenvalue weighted by molar-refractivity contribution is 0.102. The number of rotatable bonds is 5. The summed E-state index contributed by atoms with van der Waals surface area (Å²) in [6, 6.07) is 13.4. The predicted octanol–water partition coefficient (Wildman–Crippen LogP) is 4.22. The van der Waals surface area contributed by atoms with Crippen LogP contribution in [0.25, 0.3) is 10.9 Å². The molecule has 0 unspecified atom stereocenters. The second kappa shape index (κ2) is 8.40. The molecular weight excluding hydrogens is 378 g/mol. The Morgan fingerprint density at radius 3 is 2.37 bits per heavy atom. The first kappa shape index (κ1) is 20.3. The first-order chi connectivity index (χ1) is 14.5. The van der Waals surface area contributed by atoms with E-state index in [4.69, 9.17) is 9.47 Å². The minimum absolute atomic E-state index is 0.129. The molecule has 0 saturated carbocycles. The number of hydrogen-bond donors (Lipinski definition) is 1. The zero-order valence-corrected chi connectivity index (χ0v) is 18.1. The molecule has 1 saturated heterocycles. The van der Waals surface area contributed by atoms with Gasteiger partial charge in [0.25, 0.3) is 5.91 Å². The average molecular weight is 408 g/mol. The van der Waals surface area contributed by atoms with E-state index in [9.17, 15) is 4.79 Å². The molecule has 1 amide bonds. The van der Waals surface area contributed by atoms with E-state index in [0.717, 1.165) is 59.7 Å². The van der Waals surface area contributed by atoms with Crippen molar-refractivity contribution in [1.29, 1.82) is 0 Å². The Morgan fingerprint density at radius 2 is 1.70 bits per heavy atom. The van der Waals surface area contributed by atoms with Gasteiger partial charge in [0, 0.05) is 42.4 Å². The molecule has 158 valence electrons. The Hall–Kier alpha value is -2.99. The molecular formula is C24H29N3O3. The summed E-state index contributed by atoms with van der Waals surface area (Å²) in [5, 5.41) is 3.91. The van der Waals surface area contributed by atoms with Crippen molar-refractivity contribution in [3.8, 4) is 11.5 Å². The van der Waals surface area contributed by atoms with Crippen LogP contribution in [0.3, 0.4) is 0 Å². The van der Waals surface area contributed by atoms with Gasteiger partial charge in [-0.1, -0.05) is 0 Å². The van der Waals surface area contributed by atoms with Gasteiger partial charge >= 0.3 is 0 Å². The van der Waals surface area contributed by atoms with Crippen molar-refractivity contribution in [3.05, 3.63) is 53.7 Å². The van der Waals surface area contributed by atoms with Crippen LogP contribution >= 0.6 is 0 Å². The number of ether oxygens (including phenoxy) is 2. The summed E-state index contributed by atoms with van der Waals surface area (Å²) < 4.78 is 13.5. The van der Waals surface area contributed by atoms with Crippen LogP contribution in [0.1, 0.15) is 28.9 Å². The highest BCUT2D eigenvalue weighted by Crippen LogP contribution is 2.29. The fourth-order valence-corrected chi connectivity index (χ4v) is 4.07. The molecule has 0 bridgehead atoms. The summed E-state index contributed by atoms with van der Waals surface area (Å²) in [4.78, 5) is 15.4. The number of carbonyl (C=O) groups excluding carboxylic acids is 1. The van der Waals surface area contributed by atoms with E-state index in [1.54, 1.807) is 7.11 Å². The number of benzene rings is 2. The fourth-order valence-electron chi connectivity index (χ4n) is 4.07. The molecule has 1 aromatic heterocycles. The first-order valence-corrected chi connectivity index (χ1v) is 10.4. The molecule has 1 aliphatic heterocycles. The van der Waals surface area contributed by atoms with E-state index in [0.29, 0.717) is 5.56 Å². The van der Waals surface area contributed by atoms with E-state index in [-0.39, 0.29) is 12.0 Å². The van der Waals surface area contributed by atoms with Crippen molar-refractivity contribution in [2.24, 2.45) is 7.05 Å². The standard InChI is InChI=1S/C24H29N3O3/c1-16-23(21-15-20(29-4)9-10-22(21)27(16)3)24(28)25-17-5-7-18(8-6-17)30-19-11-13-26(2)14-12-19/h5-10,15,19H,11-14H2,1-4H3,(H,25,28). The van der Waals surface area contributed by atoms with Crippen LogP contribution in [0, 0.1) is 6.92 Å². The van der Waals surface area contributed by atoms with Crippen molar-refractivity contribution >= 4 is 22.5 Å².